The van der Waals surface area contributed by atoms with E-state index in [1.54, 1.807) is 5.57 Å². The average molecular weight is 731 g/mol. The minimum atomic E-state index is -0.105. The lowest BCUT2D eigenvalue weighted by molar-refractivity contribution is 0.563. The Balaban J connectivity index is 0.908. The zero-order chi connectivity index (χ0) is 37.5. The van der Waals surface area contributed by atoms with Gasteiger partial charge in [0.15, 0.2) is 0 Å². The van der Waals surface area contributed by atoms with Gasteiger partial charge >= 0.3 is 0 Å². The quantitative estimate of drug-likeness (QED) is 0.166. The van der Waals surface area contributed by atoms with Crippen LogP contribution in [0.3, 0.4) is 0 Å². The topological polar surface area (TPSA) is 6.48 Å². The Morgan fingerprint density at radius 3 is 1.67 bits per heavy atom. The lowest BCUT2D eigenvalue weighted by atomic mass is 9.75. The maximum absolute atomic E-state index is 2.55. The van der Waals surface area contributed by atoms with Gasteiger partial charge in [0.05, 0.1) is 0 Å². The third-order valence-electron chi connectivity index (χ3n) is 13.3. The third-order valence-corrected chi connectivity index (χ3v) is 13.3. The van der Waals surface area contributed by atoms with E-state index in [0.29, 0.717) is 0 Å². The van der Waals surface area contributed by atoms with Crippen molar-refractivity contribution in [2.75, 3.05) is 9.80 Å². The van der Waals surface area contributed by atoms with Crippen LogP contribution in [0.5, 0.6) is 0 Å². The van der Waals surface area contributed by atoms with E-state index < -0.39 is 0 Å². The number of fused-ring (bicyclic) bond motifs is 9. The summed E-state index contributed by atoms with van der Waals surface area (Å²) >= 11 is 0. The molecule has 2 heterocycles. The van der Waals surface area contributed by atoms with Gasteiger partial charge in [-0.05, 0) is 147 Å². The van der Waals surface area contributed by atoms with Crippen molar-refractivity contribution >= 4 is 40.6 Å². The summed E-state index contributed by atoms with van der Waals surface area (Å²) < 4.78 is 0. The number of anilines is 5. The summed E-state index contributed by atoms with van der Waals surface area (Å²) in [6, 6.07) is 59.3. The molecule has 2 heteroatoms. The first kappa shape index (κ1) is 32.6. The van der Waals surface area contributed by atoms with Crippen molar-refractivity contribution < 1.29 is 0 Å². The number of para-hydroxylation sites is 3. The average Bonchev–Trinajstić information content (AvgIpc) is 3.78. The van der Waals surface area contributed by atoms with Gasteiger partial charge < -0.3 is 9.80 Å². The van der Waals surface area contributed by atoms with Crippen LogP contribution in [-0.4, -0.2) is 0 Å². The highest BCUT2D eigenvalue weighted by molar-refractivity contribution is 5.88. The third kappa shape index (κ3) is 5.10. The molecule has 2 nitrogen and oxygen atoms in total. The SMILES string of the molecule is C1=CC2=C(CC1)Cc1ccccc1N2c1ccc2c(c1)C1(Cc3ccccc3C1)c1cc(/C=C/c3ccc(N4c5ccccc5Cc5ccccc54)cc3)ccc1-2. The Labute approximate surface area is 335 Å². The standard InChI is InChI=1S/C55H42N2/c1-2-16-44-36-55(35-43(44)15-1)49-31-38(22-21-37-23-26-45(27-24-37)56-51-17-7-3-11-39(51)32-40-12-4-8-18-52(40)56)25-29-47(49)48-30-28-46(34-50(48)55)57-53-19-9-5-13-41(53)33-42-14-6-10-20-54(42)57/h1-5,7-13,15-31,34H,6,14,32-33,35-36H2/b22-21+. The molecule has 57 heavy (non-hydrogen) atoms. The Kier molecular flexibility index (Phi) is 7.26. The van der Waals surface area contributed by atoms with E-state index in [9.17, 15) is 0 Å². The van der Waals surface area contributed by atoms with E-state index >= 15 is 0 Å². The van der Waals surface area contributed by atoms with E-state index in [-0.39, 0.29) is 5.41 Å². The lowest BCUT2D eigenvalue weighted by Crippen LogP contribution is -2.27. The van der Waals surface area contributed by atoms with Gasteiger partial charge in [-0.2, -0.15) is 0 Å². The minimum absolute atomic E-state index is 0.105. The van der Waals surface area contributed by atoms with Crippen LogP contribution in [0.2, 0.25) is 0 Å². The Bertz CT molecular complexity index is 2800. The molecule has 5 aliphatic rings. The maximum Gasteiger partial charge on any atom is 0.0497 e. The smallest absolute Gasteiger partial charge is 0.0497 e. The number of rotatable bonds is 4. The molecule has 2 aliphatic heterocycles. The van der Waals surface area contributed by atoms with Gasteiger partial charge in [-0.25, -0.2) is 0 Å². The molecule has 0 N–H and O–H groups in total. The van der Waals surface area contributed by atoms with Gasteiger partial charge in [0.2, 0.25) is 0 Å². The van der Waals surface area contributed by atoms with Crippen LogP contribution in [0, 0.1) is 0 Å². The zero-order valence-corrected chi connectivity index (χ0v) is 32.0. The molecule has 7 aromatic rings. The van der Waals surface area contributed by atoms with Crippen molar-refractivity contribution in [1.29, 1.82) is 0 Å². The molecule has 0 unspecified atom stereocenters. The summed E-state index contributed by atoms with van der Waals surface area (Å²) in [4.78, 5) is 4.96. The van der Waals surface area contributed by atoms with Gasteiger partial charge in [-0.3, -0.25) is 0 Å². The molecule has 0 amide bonds. The molecule has 0 atom stereocenters. The van der Waals surface area contributed by atoms with Crippen LogP contribution >= 0.6 is 0 Å². The summed E-state index contributed by atoms with van der Waals surface area (Å²) in [5.74, 6) is 0. The molecule has 7 aromatic carbocycles. The minimum Gasteiger partial charge on any atom is -0.310 e. The first-order valence-corrected chi connectivity index (χ1v) is 20.6. The summed E-state index contributed by atoms with van der Waals surface area (Å²) in [5.41, 5.74) is 24.3. The van der Waals surface area contributed by atoms with Gasteiger partial charge in [0.1, 0.15) is 0 Å². The summed E-state index contributed by atoms with van der Waals surface area (Å²) in [6.07, 6.45) is 15.6. The molecule has 0 radical (unpaired) electrons. The van der Waals surface area contributed by atoms with Gasteiger partial charge in [-0.15, -0.1) is 0 Å². The van der Waals surface area contributed by atoms with Crippen molar-refractivity contribution in [3.63, 3.8) is 0 Å². The van der Waals surface area contributed by atoms with Crippen molar-refractivity contribution in [3.8, 4) is 11.1 Å². The van der Waals surface area contributed by atoms with E-state index in [2.05, 4.69) is 192 Å². The molecule has 0 fully saturated rings. The second-order valence-corrected chi connectivity index (χ2v) is 16.5. The fourth-order valence-electron chi connectivity index (χ4n) is 10.7. The second kappa shape index (κ2) is 12.7. The molecule has 0 saturated heterocycles. The number of hydrogen-bond acceptors (Lipinski definition) is 2. The fraction of sp³-hybridized carbons (Fsp3) is 0.127. The number of hydrogen-bond donors (Lipinski definition) is 0. The van der Waals surface area contributed by atoms with Gasteiger partial charge in [0, 0.05) is 46.0 Å². The molecule has 0 aromatic heterocycles. The molecule has 0 saturated carbocycles. The van der Waals surface area contributed by atoms with Crippen molar-refractivity contribution in [2.45, 2.75) is 43.9 Å². The van der Waals surface area contributed by atoms with Crippen molar-refractivity contribution in [1.82, 2.24) is 0 Å². The molecule has 12 rings (SSSR count). The number of nitrogens with zero attached hydrogens (tertiary/aromatic N) is 2. The van der Waals surface area contributed by atoms with Crippen LogP contribution in [0.4, 0.5) is 28.4 Å². The molecular weight excluding hydrogens is 689 g/mol. The van der Waals surface area contributed by atoms with E-state index in [1.807, 2.05) is 0 Å². The monoisotopic (exact) mass is 730 g/mol. The van der Waals surface area contributed by atoms with Crippen molar-refractivity contribution in [3.05, 3.63) is 231 Å². The molecule has 272 valence electrons. The first-order valence-electron chi connectivity index (χ1n) is 20.6. The number of allylic oxidation sites excluding steroid dienone is 3. The summed E-state index contributed by atoms with van der Waals surface area (Å²) in [7, 11) is 0. The normalized spacial score (nSPS) is 16.6. The van der Waals surface area contributed by atoms with Gasteiger partial charge in [0.25, 0.3) is 0 Å². The fourth-order valence-corrected chi connectivity index (χ4v) is 10.7. The second-order valence-electron chi connectivity index (χ2n) is 16.5. The van der Waals surface area contributed by atoms with E-state index in [1.165, 1.54) is 95.3 Å². The highest BCUT2D eigenvalue weighted by atomic mass is 15.2. The van der Waals surface area contributed by atoms with Gasteiger partial charge in [-0.1, -0.05) is 133 Å². The molecule has 1 spiro atoms. The predicted octanol–water partition coefficient (Wildman–Crippen LogP) is 13.6. The van der Waals surface area contributed by atoms with Crippen LogP contribution < -0.4 is 9.80 Å². The summed E-state index contributed by atoms with van der Waals surface area (Å²) in [5, 5.41) is 0. The van der Waals surface area contributed by atoms with E-state index in [0.717, 1.165) is 38.5 Å². The van der Waals surface area contributed by atoms with E-state index in [4.69, 9.17) is 0 Å². The molecule has 0 bridgehead atoms. The Morgan fingerprint density at radius 1 is 0.456 bits per heavy atom. The summed E-state index contributed by atoms with van der Waals surface area (Å²) in [6.45, 7) is 0. The first-order chi connectivity index (χ1) is 28.2. The zero-order valence-electron chi connectivity index (χ0n) is 32.0. The lowest BCUT2D eigenvalue weighted by Gasteiger charge is -2.36. The highest BCUT2D eigenvalue weighted by Crippen LogP contribution is 2.57. The largest absolute Gasteiger partial charge is 0.310 e. The van der Waals surface area contributed by atoms with Crippen LogP contribution in [0.15, 0.2) is 181 Å². The van der Waals surface area contributed by atoms with Crippen LogP contribution in [0.1, 0.15) is 62.9 Å². The maximum atomic E-state index is 2.55. The highest BCUT2D eigenvalue weighted by Gasteiger charge is 2.47. The Morgan fingerprint density at radius 2 is 0.982 bits per heavy atom. The number of benzene rings is 7. The van der Waals surface area contributed by atoms with Crippen LogP contribution in [0.25, 0.3) is 23.3 Å². The molecular formula is C55H42N2. The Hall–Kier alpha value is -6.64. The van der Waals surface area contributed by atoms with Crippen molar-refractivity contribution in [2.24, 2.45) is 0 Å². The van der Waals surface area contributed by atoms with Crippen LogP contribution in [-0.2, 0) is 31.1 Å². The predicted molar refractivity (Wildman–Crippen MR) is 237 cm³/mol. The molecule has 3 aliphatic carbocycles.